The second kappa shape index (κ2) is 11.1. The standard InChI is InChI=1S/C27H30ClNO4S/c1-5-6-7-22-10-14-24(15-11-22)29(34(31,32)25-16-12-23(28)13-17-25)26(30)18-33-27-20(3)9-8-19(2)21(27)4/h8-17H,5-7,18H2,1-4H3. The van der Waals surface area contributed by atoms with E-state index in [0.717, 1.165) is 45.8 Å². The summed E-state index contributed by atoms with van der Waals surface area (Å²) in [5, 5.41) is 0.408. The summed E-state index contributed by atoms with van der Waals surface area (Å²) in [4.78, 5) is 13.3. The van der Waals surface area contributed by atoms with E-state index in [4.69, 9.17) is 16.3 Å². The third-order valence-corrected chi connectivity index (χ3v) is 7.80. The van der Waals surface area contributed by atoms with Crippen LogP contribution in [0.15, 0.2) is 65.6 Å². The first-order valence-corrected chi connectivity index (χ1v) is 13.1. The Morgan fingerprint density at radius 2 is 1.53 bits per heavy atom. The van der Waals surface area contributed by atoms with Gasteiger partial charge < -0.3 is 4.74 Å². The van der Waals surface area contributed by atoms with E-state index in [1.165, 1.54) is 24.3 Å². The molecule has 0 fully saturated rings. The smallest absolute Gasteiger partial charge is 0.278 e. The normalized spacial score (nSPS) is 11.3. The lowest BCUT2D eigenvalue weighted by Gasteiger charge is -2.24. The Morgan fingerprint density at radius 3 is 2.15 bits per heavy atom. The fourth-order valence-electron chi connectivity index (χ4n) is 3.65. The number of hydrogen-bond donors (Lipinski definition) is 0. The molecule has 0 saturated carbocycles. The van der Waals surface area contributed by atoms with Gasteiger partial charge in [0, 0.05) is 5.02 Å². The molecule has 0 bridgehead atoms. The maximum atomic E-state index is 13.5. The molecule has 0 N–H and O–H groups in total. The number of carbonyl (C=O) groups excluding carboxylic acids is 1. The van der Waals surface area contributed by atoms with E-state index in [2.05, 4.69) is 6.92 Å². The maximum absolute atomic E-state index is 13.5. The number of halogens is 1. The minimum absolute atomic E-state index is 0.0248. The quantitative estimate of drug-likeness (QED) is 0.341. The van der Waals surface area contributed by atoms with E-state index in [-0.39, 0.29) is 10.6 Å². The van der Waals surface area contributed by atoms with Crippen molar-refractivity contribution in [3.8, 4) is 5.75 Å². The van der Waals surface area contributed by atoms with Crippen molar-refractivity contribution in [2.75, 3.05) is 10.9 Å². The molecule has 3 aromatic carbocycles. The zero-order chi connectivity index (χ0) is 24.9. The number of rotatable bonds is 9. The van der Waals surface area contributed by atoms with Crippen molar-refractivity contribution in [1.29, 1.82) is 0 Å². The van der Waals surface area contributed by atoms with Crippen LogP contribution in [0.4, 0.5) is 5.69 Å². The second-order valence-corrected chi connectivity index (χ2v) is 10.6. The molecule has 0 spiro atoms. The van der Waals surface area contributed by atoms with Crippen LogP contribution in [0.3, 0.4) is 0 Å². The van der Waals surface area contributed by atoms with Crippen LogP contribution in [-0.4, -0.2) is 20.9 Å². The van der Waals surface area contributed by atoms with Crippen LogP contribution in [0.1, 0.15) is 42.0 Å². The number of anilines is 1. The lowest BCUT2D eigenvalue weighted by Crippen LogP contribution is -2.40. The van der Waals surface area contributed by atoms with Crippen molar-refractivity contribution in [2.24, 2.45) is 0 Å². The maximum Gasteiger partial charge on any atom is 0.278 e. The minimum atomic E-state index is -4.19. The van der Waals surface area contributed by atoms with E-state index in [9.17, 15) is 13.2 Å². The van der Waals surface area contributed by atoms with Crippen molar-refractivity contribution in [3.63, 3.8) is 0 Å². The number of aryl methyl sites for hydroxylation is 3. The lowest BCUT2D eigenvalue weighted by molar-refractivity contribution is -0.119. The molecule has 180 valence electrons. The van der Waals surface area contributed by atoms with E-state index < -0.39 is 22.5 Å². The number of unbranched alkanes of at least 4 members (excludes halogenated alkanes) is 1. The van der Waals surface area contributed by atoms with Crippen LogP contribution in [-0.2, 0) is 21.2 Å². The number of nitrogens with zero attached hydrogens (tertiary/aromatic N) is 1. The molecule has 0 aliphatic rings. The molecule has 0 aromatic heterocycles. The average Bonchev–Trinajstić information content (AvgIpc) is 2.81. The summed E-state index contributed by atoms with van der Waals surface area (Å²) in [7, 11) is -4.19. The van der Waals surface area contributed by atoms with Crippen LogP contribution < -0.4 is 9.04 Å². The summed E-state index contributed by atoms with van der Waals surface area (Å²) in [5.41, 5.74) is 4.18. The molecule has 0 saturated heterocycles. The molecule has 0 aliphatic heterocycles. The van der Waals surface area contributed by atoms with Gasteiger partial charge in [-0.3, -0.25) is 4.79 Å². The van der Waals surface area contributed by atoms with Crippen molar-refractivity contribution < 1.29 is 17.9 Å². The number of sulfonamides is 1. The molecule has 0 radical (unpaired) electrons. The van der Waals surface area contributed by atoms with Crippen molar-refractivity contribution >= 4 is 33.2 Å². The molecule has 0 aliphatic carbocycles. The van der Waals surface area contributed by atoms with Gasteiger partial charge in [0.1, 0.15) is 5.75 Å². The molecule has 0 atom stereocenters. The first-order valence-electron chi connectivity index (χ1n) is 11.3. The van der Waals surface area contributed by atoms with Gasteiger partial charge >= 0.3 is 0 Å². The first kappa shape index (κ1) is 25.8. The second-order valence-electron chi connectivity index (χ2n) is 8.33. The van der Waals surface area contributed by atoms with Crippen LogP contribution in [0.5, 0.6) is 5.75 Å². The monoisotopic (exact) mass is 499 g/mol. The van der Waals surface area contributed by atoms with E-state index in [0.29, 0.717) is 10.8 Å². The number of benzene rings is 3. The molecule has 5 nitrogen and oxygen atoms in total. The first-order chi connectivity index (χ1) is 16.1. The Bertz CT molecular complexity index is 1250. The molecule has 3 rings (SSSR count). The van der Waals surface area contributed by atoms with Gasteiger partial charge in [0.25, 0.3) is 15.9 Å². The zero-order valence-electron chi connectivity index (χ0n) is 20.0. The lowest BCUT2D eigenvalue weighted by atomic mass is 10.1. The van der Waals surface area contributed by atoms with Gasteiger partial charge in [0.2, 0.25) is 0 Å². The van der Waals surface area contributed by atoms with Gasteiger partial charge in [-0.05, 0) is 92.3 Å². The Morgan fingerprint density at radius 1 is 0.912 bits per heavy atom. The predicted molar refractivity (Wildman–Crippen MR) is 137 cm³/mol. The third-order valence-electron chi connectivity index (χ3n) is 5.78. The predicted octanol–water partition coefficient (Wildman–Crippen LogP) is 6.41. The Labute approximate surface area is 207 Å². The van der Waals surface area contributed by atoms with Crippen LogP contribution in [0, 0.1) is 20.8 Å². The molecule has 1 amide bonds. The fraction of sp³-hybridized carbons (Fsp3) is 0.296. The van der Waals surface area contributed by atoms with Crippen LogP contribution in [0.2, 0.25) is 5.02 Å². The zero-order valence-corrected chi connectivity index (χ0v) is 21.5. The number of ether oxygens (including phenoxy) is 1. The summed E-state index contributed by atoms with van der Waals surface area (Å²) in [6.07, 6.45) is 2.99. The van der Waals surface area contributed by atoms with Gasteiger partial charge in [0.05, 0.1) is 10.6 Å². The van der Waals surface area contributed by atoms with E-state index in [1.807, 2.05) is 45.0 Å². The number of carbonyl (C=O) groups is 1. The highest BCUT2D eigenvalue weighted by atomic mass is 35.5. The van der Waals surface area contributed by atoms with Crippen LogP contribution in [0.25, 0.3) is 0 Å². The average molecular weight is 500 g/mol. The van der Waals surface area contributed by atoms with Gasteiger partial charge in [-0.25, -0.2) is 8.42 Å². The van der Waals surface area contributed by atoms with Gasteiger partial charge in [-0.15, -0.1) is 0 Å². The number of hydrogen-bond acceptors (Lipinski definition) is 4. The van der Waals surface area contributed by atoms with Gasteiger partial charge in [-0.1, -0.05) is 49.2 Å². The van der Waals surface area contributed by atoms with Gasteiger partial charge in [0.15, 0.2) is 6.61 Å². The summed E-state index contributed by atoms with van der Waals surface area (Å²) in [5.74, 6) is -0.0938. The molecule has 0 unspecified atom stereocenters. The number of amides is 1. The van der Waals surface area contributed by atoms with Crippen molar-refractivity contribution in [3.05, 3.63) is 87.9 Å². The highest BCUT2D eigenvalue weighted by Crippen LogP contribution is 2.28. The topological polar surface area (TPSA) is 63.7 Å². The molecule has 0 heterocycles. The SMILES string of the molecule is CCCCc1ccc(N(C(=O)COc2c(C)ccc(C)c2C)S(=O)(=O)c2ccc(Cl)cc2)cc1. The van der Waals surface area contributed by atoms with Crippen LogP contribution >= 0.6 is 11.6 Å². The summed E-state index contributed by atoms with van der Waals surface area (Å²) in [6, 6.07) is 16.7. The molecule has 3 aromatic rings. The largest absolute Gasteiger partial charge is 0.483 e. The molecular weight excluding hydrogens is 470 g/mol. The van der Waals surface area contributed by atoms with Gasteiger partial charge in [-0.2, -0.15) is 4.31 Å². The summed E-state index contributed by atoms with van der Waals surface area (Å²) in [6.45, 7) is 7.46. The summed E-state index contributed by atoms with van der Waals surface area (Å²) < 4.78 is 33.8. The molecular formula is C27H30ClNO4S. The highest BCUT2D eigenvalue weighted by molar-refractivity contribution is 7.93. The summed E-state index contributed by atoms with van der Waals surface area (Å²) >= 11 is 5.94. The molecule has 7 heteroatoms. The molecule has 34 heavy (non-hydrogen) atoms. The third kappa shape index (κ3) is 5.80. The Hall–Kier alpha value is -2.83. The van der Waals surface area contributed by atoms with Crippen molar-refractivity contribution in [2.45, 2.75) is 51.9 Å². The highest BCUT2D eigenvalue weighted by Gasteiger charge is 2.31. The fourth-order valence-corrected chi connectivity index (χ4v) is 5.18. The van der Waals surface area contributed by atoms with Crippen molar-refractivity contribution in [1.82, 2.24) is 0 Å². The minimum Gasteiger partial charge on any atom is -0.483 e. The van der Waals surface area contributed by atoms with E-state index >= 15 is 0 Å². The van der Waals surface area contributed by atoms with E-state index in [1.54, 1.807) is 12.1 Å². The Kier molecular flexibility index (Phi) is 8.39. The Balaban J connectivity index is 1.97.